The summed E-state index contributed by atoms with van der Waals surface area (Å²) in [4.78, 5) is 22.9. The minimum Gasteiger partial charge on any atom is -0.489 e. The highest BCUT2D eigenvalue weighted by Gasteiger charge is 2.40. The molecule has 1 aliphatic carbocycles. The van der Waals surface area contributed by atoms with Crippen LogP contribution in [-0.4, -0.2) is 56.3 Å². The van der Waals surface area contributed by atoms with E-state index in [9.17, 15) is 10.1 Å². The molecule has 2 unspecified atom stereocenters. The standard InChI is InChI=1S/C25H29ClN8O2/c1-12-9-33(16-5-15(6-16)25(35)29-4)10-19-18(8-27)20(26)7-17(22(19)36-12)14(3)34-24-21(13(2)32-34)23(28)30-11-31-24/h7,11-12,14-16H,5-6,9-10H2,1-4H3,(H,29,35)(H2,28,30,31). The number of nitrogen functional groups attached to an aromatic ring is 1. The third-order valence-electron chi connectivity index (χ3n) is 7.40. The van der Waals surface area contributed by atoms with Gasteiger partial charge < -0.3 is 15.8 Å². The summed E-state index contributed by atoms with van der Waals surface area (Å²) in [5, 5.41) is 18.5. The Morgan fingerprint density at radius 3 is 2.83 bits per heavy atom. The maximum atomic E-state index is 12.0. The third kappa shape index (κ3) is 3.92. The summed E-state index contributed by atoms with van der Waals surface area (Å²) >= 11 is 6.67. The Hall–Kier alpha value is -3.42. The van der Waals surface area contributed by atoms with Crippen molar-refractivity contribution in [1.29, 1.82) is 5.26 Å². The second kappa shape index (κ2) is 9.22. The van der Waals surface area contributed by atoms with E-state index in [4.69, 9.17) is 27.2 Å². The number of nitrogens with one attached hydrogen (secondary N) is 1. The van der Waals surface area contributed by atoms with Crippen LogP contribution >= 0.6 is 11.6 Å². The maximum Gasteiger partial charge on any atom is 0.222 e. The largest absolute Gasteiger partial charge is 0.489 e. The Bertz CT molecular complexity index is 1390. The Morgan fingerprint density at radius 2 is 2.14 bits per heavy atom. The van der Waals surface area contributed by atoms with Crippen LogP contribution in [0.4, 0.5) is 5.82 Å². The monoisotopic (exact) mass is 508 g/mol. The molecule has 2 aromatic heterocycles. The molecule has 0 saturated heterocycles. The molecule has 2 atom stereocenters. The Labute approximate surface area is 214 Å². The van der Waals surface area contributed by atoms with E-state index in [-0.39, 0.29) is 30.0 Å². The van der Waals surface area contributed by atoms with Crippen LogP contribution in [0.1, 0.15) is 55.1 Å². The van der Waals surface area contributed by atoms with Gasteiger partial charge in [-0.2, -0.15) is 10.4 Å². The minimum absolute atomic E-state index is 0.0232. The van der Waals surface area contributed by atoms with Crippen molar-refractivity contribution >= 4 is 34.4 Å². The molecule has 1 fully saturated rings. The summed E-state index contributed by atoms with van der Waals surface area (Å²) in [7, 11) is 1.67. The number of nitriles is 1. The molecule has 2 aliphatic rings. The molecule has 0 radical (unpaired) electrons. The zero-order valence-electron chi connectivity index (χ0n) is 20.7. The number of amides is 1. The van der Waals surface area contributed by atoms with Gasteiger partial charge in [0.1, 0.15) is 30.1 Å². The summed E-state index contributed by atoms with van der Waals surface area (Å²) < 4.78 is 8.29. The lowest BCUT2D eigenvalue weighted by Crippen LogP contribution is -2.50. The average molecular weight is 509 g/mol. The quantitative estimate of drug-likeness (QED) is 0.549. The predicted molar refractivity (Wildman–Crippen MR) is 136 cm³/mol. The van der Waals surface area contributed by atoms with E-state index in [1.807, 2.05) is 20.8 Å². The topological polar surface area (TPSA) is 135 Å². The van der Waals surface area contributed by atoms with Gasteiger partial charge in [-0.15, -0.1) is 0 Å². The first-order valence-electron chi connectivity index (χ1n) is 12.1. The van der Waals surface area contributed by atoms with Crippen LogP contribution in [0.3, 0.4) is 0 Å². The van der Waals surface area contributed by atoms with E-state index in [2.05, 4.69) is 26.3 Å². The van der Waals surface area contributed by atoms with Gasteiger partial charge >= 0.3 is 0 Å². The number of ether oxygens (including phenoxy) is 1. The number of carbonyl (C=O) groups excluding carboxylic acids is 1. The number of anilines is 1. The number of nitrogens with two attached hydrogens (primary N) is 1. The number of aryl methyl sites for hydroxylation is 1. The minimum atomic E-state index is -0.297. The van der Waals surface area contributed by atoms with E-state index in [1.54, 1.807) is 17.8 Å². The summed E-state index contributed by atoms with van der Waals surface area (Å²) in [5.41, 5.74) is 9.46. The van der Waals surface area contributed by atoms with Crippen molar-refractivity contribution in [2.24, 2.45) is 5.92 Å². The van der Waals surface area contributed by atoms with E-state index >= 15 is 0 Å². The number of carbonyl (C=O) groups is 1. The van der Waals surface area contributed by atoms with Crippen molar-refractivity contribution in [2.45, 2.75) is 58.3 Å². The van der Waals surface area contributed by atoms with Gasteiger partial charge in [0.05, 0.1) is 27.7 Å². The normalized spacial score (nSPS) is 22.6. The molecule has 3 N–H and O–H groups in total. The summed E-state index contributed by atoms with van der Waals surface area (Å²) in [6, 6.07) is 4.03. The highest BCUT2D eigenvalue weighted by molar-refractivity contribution is 6.32. The van der Waals surface area contributed by atoms with Crippen molar-refractivity contribution in [2.75, 3.05) is 19.3 Å². The second-order valence-corrected chi connectivity index (χ2v) is 10.1. The van der Waals surface area contributed by atoms with Gasteiger partial charge in [0.15, 0.2) is 5.65 Å². The molecule has 10 nitrogen and oxygen atoms in total. The number of halogens is 1. The van der Waals surface area contributed by atoms with Gasteiger partial charge in [-0.25, -0.2) is 14.6 Å². The SMILES string of the molecule is CNC(=O)C1CC(N2Cc3c(C#N)c(Cl)cc(C(C)n4nc(C)c5c(N)ncnc54)c3OC(C)C2)C1. The van der Waals surface area contributed by atoms with Gasteiger partial charge in [-0.1, -0.05) is 11.6 Å². The van der Waals surface area contributed by atoms with Crippen LogP contribution in [0.5, 0.6) is 5.75 Å². The highest BCUT2D eigenvalue weighted by Crippen LogP contribution is 2.43. The van der Waals surface area contributed by atoms with E-state index in [0.29, 0.717) is 46.3 Å². The van der Waals surface area contributed by atoms with Crippen LogP contribution in [0.25, 0.3) is 11.0 Å². The van der Waals surface area contributed by atoms with Crippen LogP contribution in [0.2, 0.25) is 5.02 Å². The van der Waals surface area contributed by atoms with E-state index < -0.39 is 0 Å². The first kappa shape index (κ1) is 24.3. The van der Waals surface area contributed by atoms with Gasteiger partial charge in [0, 0.05) is 43.2 Å². The zero-order valence-corrected chi connectivity index (χ0v) is 21.5. The summed E-state index contributed by atoms with van der Waals surface area (Å²) in [5.74, 6) is 1.14. The van der Waals surface area contributed by atoms with Crippen molar-refractivity contribution in [3.05, 3.63) is 39.8 Å². The van der Waals surface area contributed by atoms with Gasteiger partial charge in [-0.3, -0.25) is 9.69 Å². The molecule has 3 aromatic rings. The molecule has 1 aromatic carbocycles. The lowest BCUT2D eigenvalue weighted by atomic mass is 9.78. The number of rotatable bonds is 4. The summed E-state index contributed by atoms with van der Waals surface area (Å²) in [6.07, 6.45) is 2.87. The van der Waals surface area contributed by atoms with E-state index in [0.717, 1.165) is 29.7 Å². The maximum absolute atomic E-state index is 12.0. The molecule has 0 bridgehead atoms. The molecule has 5 rings (SSSR count). The van der Waals surface area contributed by atoms with Crippen molar-refractivity contribution < 1.29 is 9.53 Å². The van der Waals surface area contributed by atoms with Gasteiger partial charge in [0.2, 0.25) is 5.91 Å². The van der Waals surface area contributed by atoms with Crippen LogP contribution in [0.15, 0.2) is 12.4 Å². The highest BCUT2D eigenvalue weighted by atomic mass is 35.5. The van der Waals surface area contributed by atoms with Gasteiger partial charge in [-0.05, 0) is 39.7 Å². The predicted octanol–water partition coefficient (Wildman–Crippen LogP) is 2.96. The number of benzene rings is 1. The Balaban J connectivity index is 1.57. The van der Waals surface area contributed by atoms with Crippen molar-refractivity contribution in [3.8, 4) is 11.8 Å². The Morgan fingerprint density at radius 1 is 1.39 bits per heavy atom. The second-order valence-electron chi connectivity index (χ2n) is 9.70. The molecular weight excluding hydrogens is 480 g/mol. The zero-order chi connectivity index (χ0) is 25.7. The molecule has 11 heteroatoms. The number of fused-ring (bicyclic) bond motifs is 2. The lowest BCUT2D eigenvalue weighted by Gasteiger charge is -2.42. The fraction of sp³-hybridized carbons (Fsp3) is 0.480. The smallest absolute Gasteiger partial charge is 0.222 e. The molecule has 1 amide bonds. The number of hydrogen-bond donors (Lipinski definition) is 2. The number of aromatic nitrogens is 4. The van der Waals surface area contributed by atoms with Crippen LogP contribution in [-0.2, 0) is 11.3 Å². The first-order chi connectivity index (χ1) is 17.2. The molecule has 188 valence electrons. The summed E-state index contributed by atoms with van der Waals surface area (Å²) in [6.45, 7) is 7.09. The van der Waals surface area contributed by atoms with Crippen LogP contribution < -0.4 is 15.8 Å². The molecule has 1 saturated carbocycles. The number of nitrogens with zero attached hydrogens (tertiary/aromatic N) is 6. The van der Waals surface area contributed by atoms with Crippen molar-refractivity contribution in [1.82, 2.24) is 30.0 Å². The molecule has 3 heterocycles. The molecule has 0 spiro atoms. The fourth-order valence-electron chi connectivity index (χ4n) is 5.42. The van der Waals surface area contributed by atoms with Crippen LogP contribution in [0, 0.1) is 24.2 Å². The number of hydrogen-bond acceptors (Lipinski definition) is 8. The Kier molecular flexibility index (Phi) is 6.22. The lowest BCUT2D eigenvalue weighted by molar-refractivity contribution is -0.129. The van der Waals surface area contributed by atoms with Gasteiger partial charge in [0.25, 0.3) is 0 Å². The molecule has 1 aliphatic heterocycles. The molecular formula is C25H29ClN8O2. The first-order valence-corrected chi connectivity index (χ1v) is 12.4. The third-order valence-corrected chi connectivity index (χ3v) is 7.70. The fourth-order valence-corrected chi connectivity index (χ4v) is 5.69. The van der Waals surface area contributed by atoms with Crippen molar-refractivity contribution in [3.63, 3.8) is 0 Å². The average Bonchev–Trinajstić information content (AvgIpc) is 3.06. The molecule has 36 heavy (non-hydrogen) atoms. The van der Waals surface area contributed by atoms with E-state index in [1.165, 1.54) is 6.33 Å².